The number of imidazole rings is 1. The summed E-state index contributed by atoms with van der Waals surface area (Å²) in [5, 5.41) is 1.17. The fraction of sp³-hybridized carbons (Fsp3) is 0.0263. The van der Waals surface area contributed by atoms with Crippen molar-refractivity contribution in [1.82, 2.24) is 9.55 Å². The summed E-state index contributed by atoms with van der Waals surface area (Å²) >= 11 is 1.77. The highest BCUT2D eigenvalue weighted by atomic mass is 32.1. The molecule has 0 unspecified atom stereocenters. The maximum atomic E-state index is 5.69. The number of benzene rings is 5. The van der Waals surface area contributed by atoms with Gasteiger partial charge < -0.3 is 0 Å². The predicted octanol–water partition coefficient (Wildman–Crippen LogP) is 9.06. The number of fused-ring (bicyclic) bond motifs is 7. The van der Waals surface area contributed by atoms with Crippen molar-refractivity contribution in [2.45, 2.75) is 5.79 Å². The number of aromatic nitrogens is 2. The van der Waals surface area contributed by atoms with Crippen molar-refractivity contribution in [1.29, 1.82) is 0 Å². The van der Waals surface area contributed by atoms with Gasteiger partial charge in [-0.3, -0.25) is 4.57 Å². The molecule has 0 aliphatic carbocycles. The molecule has 2 aliphatic heterocycles. The minimum absolute atomic E-state index is 0.884. The summed E-state index contributed by atoms with van der Waals surface area (Å²) in [5.74, 6) is -0.144. The van der Waals surface area contributed by atoms with Crippen molar-refractivity contribution in [2.24, 2.45) is 9.98 Å². The van der Waals surface area contributed by atoms with Crippen molar-refractivity contribution >= 4 is 32.8 Å². The number of hydrogen-bond acceptors (Lipinski definition) is 4. The first-order chi connectivity index (χ1) is 21.3. The van der Waals surface area contributed by atoms with Gasteiger partial charge in [0.1, 0.15) is 0 Å². The van der Waals surface area contributed by atoms with Crippen LogP contribution < -0.4 is 0 Å². The minimum Gasteiger partial charge on any atom is -0.274 e. The third kappa shape index (κ3) is 3.52. The van der Waals surface area contributed by atoms with Crippen molar-refractivity contribution in [3.63, 3.8) is 0 Å². The summed E-state index contributed by atoms with van der Waals surface area (Å²) in [6, 6.07) is 50.5. The third-order valence-corrected chi connectivity index (χ3v) is 9.44. The lowest BCUT2D eigenvalue weighted by Gasteiger charge is -2.24. The summed E-state index contributed by atoms with van der Waals surface area (Å²) in [6.07, 6.45) is 0. The second kappa shape index (κ2) is 9.31. The summed E-state index contributed by atoms with van der Waals surface area (Å²) in [4.78, 5) is 17.9. The lowest BCUT2D eigenvalue weighted by atomic mass is 10.0. The van der Waals surface area contributed by atoms with Crippen LogP contribution in [-0.2, 0) is 5.79 Å². The van der Waals surface area contributed by atoms with Gasteiger partial charge in [-0.05, 0) is 6.07 Å². The first-order valence-corrected chi connectivity index (χ1v) is 15.2. The molecule has 0 bridgehead atoms. The van der Waals surface area contributed by atoms with Crippen LogP contribution in [0.4, 0.5) is 0 Å². The first-order valence-electron chi connectivity index (χ1n) is 14.4. The molecule has 4 heterocycles. The maximum absolute atomic E-state index is 5.69. The summed E-state index contributed by atoms with van der Waals surface area (Å²) in [7, 11) is 0. The van der Waals surface area contributed by atoms with E-state index in [1.54, 1.807) is 11.3 Å². The number of nitrogens with zero attached hydrogens (tertiary/aromatic N) is 4. The van der Waals surface area contributed by atoms with Crippen LogP contribution in [0.3, 0.4) is 0 Å². The molecular weight excluding hydrogens is 545 g/mol. The Morgan fingerprint density at radius 1 is 0.512 bits per heavy atom. The maximum Gasteiger partial charge on any atom is 0.263 e. The highest BCUT2D eigenvalue weighted by molar-refractivity contribution is 7.22. The molecule has 5 aromatic carbocycles. The van der Waals surface area contributed by atoms with Crippen LogP contribution in [-0.4, -0.2) is 21.0 Å². The molecule has 4 nitrogen and oxygen atoms in total. The molecule has 0 N–H and O–H groups in total. The van der Waals surface area contributed by atoms with Crippen LogP contribution in [0, 0.1) is 0 Å². The average molecular weight is 569 g/mol. The molecule has 0 atom stereocenters. The van der Waals surface area contributed by atoms with Gasteiger partial charge in [0, 0.05) is 32.3 Å². The van der Waals surface area contributed by atoms with Crippen molar-refractivity contribution in [3.8, 4) is 33.2 Å². The van der Waals surface area contributed by atoms with Gasteiger partial charge in [0.05, 0.1) is 33.3 Å². The van der Waals surface area contributed by atoms with Crippen LogP contribution in [0.2, 0.25) is 0 Å². The summed E-state index contributed by atoms with van der Waals surface area (Å²) in [6.45, 7) is 0. The van der Waals surface area contributed by atoms with Gasteiger partial charge in [0.15, 0.2) is 5.82 Å². The van der Waals surface area contributed by atoms with Crippen LogP contribution in [0.5, 0.6) is 0 Å². The zero-order chi connectivity index (χ0) is 28.4. The lowest BCUT2D eigenvalue weighted by molar-refractivity contribution is 0.431. The highest BCUT2D eigenvalue weighted by Gasteiger charge is 2.52. The fourth-order valence-corrected chi connectivity index (χ4v) is 7.66. The Balaban J connectivity index is 1.45. The molecule has 1 spiro atoms. The van der Waals surface area contributed by atoms with E-state index in [-0.39, 0.29) is 0 Å². The van der Waals surface area contributed by atoms with Gasteiger partial charge in [-0.2, -0.15) is 0 Å². The largest absolute Gasteiger partial charge is 0.274 e. The molecule has 2 aromatic heterocycles. The topological polar surface area (TPSA) is 42.5 Å². The van der Waals surface area contributed by atoms with E-state index in [0.717, 1.165) is 61.3 Å². The standard InChI is InChI=1S/C38H24N4S/c1-5-15-25(16-6-1)32-33(26-17-7-2-8-18-26)41-38(40-32)31-29-23-13-14-24-30(29)43-36(31)37-39-34(27-19-9-3-10-20-27)35(42(37)38)28-21-11-4-12-22-28/h1-24H. The number of hydrogen-bond donors (Lipinski definition) is 0. The Labute approximate surface area is 253 Å². The average Bonchev–Trinajstić information content (AvgIpc) is 3.83. The van der Waals surface area contributed by atoms with Crippen molar-refractivity contribution in [3.05, 3.63) is 162 Å². The monoisotopic (exact) mass is 568 g/mol. The lowest BCUT2D eigenvalue weighted by Crippen LogP contribution is -2.27. The van der Waals surface area contributed by atoms with Crippen molar-refractivity contribution in [2.75, 3.05) is 0 Å². The Morgan fingerprint density at radius 3 is 1.58 bits per heavy atom. The van der Waals surface area contributed by atoms with Crippen LogP contribution >= 0.6 is 11.3 Å². The van der Waals surface area contributed by atoms with Crippen LogP contribution in [0.25, 0.3) is 43.3 Å². The van der Waals surface area contributed by atoms with E-state index in [1.807, 2.05) is 18.2 Å². The van der Waals surface area contributed by atoms with E-state index in [2.05, 4.69) is 132 Å². The molecular formula is C38H24N4S. The summed E-state index contributed by atoms with van der Waals surface area (Å²) < 4.78 is 3.51. The molecule has 0 saturated heterocycles. The Hall–Kier alpha value is -5.39. The van der Waals surface area contributed by atoms with E-state index in [0.29, 0.717) is 0 Å². The quantitative estimate of drug-likeness (QED) is 0.209. The molecule has 7 aromatic rings. The zero-order valence-corrected chi connectivity index (χ0v) is 23.9. The zero-order valence-electron chi connectivity index (χ0n) is 23.1. The fourth-order valence-electron chi connectivity index (χ4n) is 6.43. The number of aliphatic imine (C=N–C) groups is 2. The molecule has 202 valence electrons. The Kier molecular flexibility index (Phi) is 5.25. The second-order valence-corrected chi connectivity index (χ2v) is 11.8. The van der Waals surface area contributed by atoms with Gasteiger partial charge >= 0.3 is 0 Å². The Bertz CT molecular complexity index is 2150. The molecule has 0 saturated carbocycles. The van der Waals surface area contributed by atoms with Crippen LogP contribution in [0.15, 0.2) is 156 Å². The normalized spacial score (nSPS) is 14.5. The molecule has 0 amide bonds. The minimum atomic E-state index is -1.05. The predicted molar refractivity (Wildman–Crippen MR) is 177 cm³/mol. The molecule has 0 fully saturated rings. The summed E-state index contributed by atoms with van der Waals surface area (Å²) in [5.41, 5.74) is 9.06. The highest BCUT2D eigenvalue weighted by Crippen LogP contribution is 2.57. The second-order valence-electron chi connectivity index (χ2n) is 10.8. The van der Waals surface area contributed by atoms with Gasteiger partial charge in [0.25, 0.3) is 5.79 Å². The molecule has 43 heavy (non-hydrogen) atoms. The number of thiophene rings is 1. The van der Waals surface area contributed by atoms with Gasteiger partial charge in [-0.1, -0.05) is 140 Å². The van der Waals surface area contributed by atoms with E-state index in [9.17, 15) is 0 Å². The van der Waals surface area contributed by atoms with E-state index < -0.39 is 5.79 Å². The van der Waals surface area contributed by atoms with E-state index >= 15 is 0 Å². The van der Waals surface area contributed by atoms with E-state index in [1.165, 1.54) is 10.1 Å². The molecule has 0 radical (unpaired) electrons. The molecule has 2 aliphatic rings. The SMILES string of the molecule is c1ccc(C2=NC3(N=C2c2ccccc2)c2c(sc4ccccc24)-c2nc(-c4ccccc4)c(-c4ccccc4)n23)cc1. The van der Waals surface area contributed by atoms with Gasteiger partial charge in [-0.25, -0.2) is 15.0 Å². The van der Waals surface area contributed by atoms with Gasteiger partial charge in [-0.15, -0.1) is 11.3 Å². The van der Waals surface area contributed by atoms with E-state index in [4.69, 9.17) is 15.0 Å². The Morgan fingerprint density at radius 2 is 1.00 bits per heavy atom. The van der Waals surface area contributed by atoms with Crippen molar-refractivity contribution < 1.29 is 0 Å². The first kappa shape index (κ1) is 24.2. The van der Waals surface area contributed by atoms with Gasteiger partial charge in [0.2, 0.25) is 0 Å². The van der Waals surface area contributed by atoms with Crippen LogP contribution in [0.1, 0.15) is 16.7 Å². The molecule has 9 rings (SSSR count). The smallest absolute Gasteiger partial charge is 0.263 e. The molecule has 5 heteroatoms. The third-order valence-electron chi connectivity index (χ3n) is 8.27. The number of rotatable bonds is 4.